The first kappa shape index (κ1) is 9.34. The first-order valence-electron chi connectivity index (χ1n) is 3.53. The van der Waals surface area contributed by atoms with Crippen molar-refractivity contribution in [2.24, 2.45) is 5.92 Å². The van der Waals surface area contributed by atoms with Gasteiger partial charge in [0.15, 0.2) is 6.29 Å². The molecule has 0 aromatic heterocycles. The van der Waals surface area contributed by atoms with Crippen molar-refractivity contribution >= 4 is 12.1 Å². The van der Waals surface area contributed by atoms with E-state index >= 15 is 0 Å². The third kappa shape index (κ3) is 5.48. The highest BCUT2D eigenvalue weighted by molar-refractivity contribution is 5.80. The Morgan fingerprint density at radius 3 is 2.50 bits per heavy atom. The minimum absolute atomic E-state index is 0.165. The summed E-state index contributed by atoms with van der Waals surface area (Å²) in [4.78, 5) is 20.6. The fourth-order valence-electron chi connectivity index (χ4n) is 0.748. The van der Waals surface area contributed by atoms with E-state index < -0.39 is 0 Å². The van der Waals surface area contributed by atoms with Gasteiger partial charge in [0.2, 0.25) is 0 Å². The molecule has 10 heavy (non-hydrogen) atoms. The van der Waals surface area contributed by atoms with Gasteiger partial charge in [0, 0.05) is 19.3 Å². The lowest BCUT2D eigenvalue weighted by Crippen LogP contribution is -2.02. The summed E-state index contributed by atoms with van der Waals surface area (Å²) in [5, 5.41) is 0. The third-order valence-electron chi connectivity index (χ3n) is 1.14. The highest BCUT2D eigenvalue weighted by Gasteiger charge is 2.03. The van der Waals surface area contributed by atoms with Crippen LogP contribution in [0.4, 0.5) is 0 Å². The first-order chi connectivity index (χ1) is 4.66. The number of hydrogen-bond acceptors (Lipinski definition) is 2. The highest BCUT2D eigenvalue weighted by Crippen LogP contribution is 2.03. The lowest BCUT2D eigenvalue weighted by atomic mass is 10.0. The lowest BCUT2D eigenvalue weighted by molar-refractivity contribution is -0.119. The molecule has 0 saturated heterocycles. The highest BCUT2D eigenvalue weighted by atomic mass is 16.1. The quantitative estimate of drug-likeness (QED) is 0.581. The maximum absolute atomic E-state index is 10.8. The van der Waals surface area contributed by atoms with Crippen LogP contribution in [0.25, 0.3) is 0 Å². The van der Waals surface area contributed by atoms with Crippen molar-refractivity contribution in [2.45, 2.75) is 33.1 Å². The summed E-state index contributed by atoms with van der Waals surface area (Å²) in [7, 11) is 0. The molecule has 0 fully saturated rings. The molecule has 0 N–H and O–H groups in total. The Labute approximate surface area is 61.6 Å². The van der Waals surface area contributed by atoms with Crippen LogP contribution >= 0.6 is 0 Å². The van der Waals surface area contributed by atoms with Crippen molar-refractivity contribution in [2.75, 3.05) is 0 Å². The van der Waals surface area contributed by atoms with Gasteiger partial charge in [0.25, 0.3) is 0 Å². The SMILES string of the molecule is CC(C)CC(=O)CC[C]=O. The topological polar surface area (TPSA) is 34.1 Å². The normalized spacial score (nSPS) is 9.90. The molecule has 0 saturated carbocycles. The Kier molecular flexibility index (Phi) is 4.81. The Balaban J connectivity index is 3.34. The van der Waals surface area contributed by atoms with Gasteiger partial charge in [-0.1, -0.05) is 13.8 Å². The molecule has 0 spiro atoms. The molecule has 0 heterocycles. The van der Waals surface area contributed by atoms with Gasteiger partial charge >= 0.3 is 0 Å². The van der Waals surface area contributed by atoms with Gasteiger partial charge in [-0.3, -0.25) is 9.59 Å². The van der Waals surface area contributed by atoms with E-state index in [-0.39, 0.29) is 12.2 Å². The Hall–Kier alpha value is -0.660. The smallest absolute Gasteiger partial charge is 0.198 e. The predicted octanol–water partition coefficient (Wildman–Crippen LogP) is 1.49. The number of hydrogen-bond donors (Lipinski definition) is 0. The second kappa shape index (κ2) is 5.15. The summed E-state index contributed by atoms with van der Waals surface area (Å²) in [6.45, 7) is 3.98. The van der Waals surface area contributed by atoms with Crippen LogP contribution in [0.3, 0.4) is 0 Å². The van der Waals surface area contributed by atoms with E-state index in [1.807, 2.05) is 13.8 Å². The maximum Gasteiger partial charge on any atom is 0.198 e. The Bertz CT molecular complexity index is 116. The van der Waals surface area contributed by atoms with Gasteiger partial charge in [0.05, 0.1) is 0 Å². The van der Waals surface area contributed by atoms with Crippen LogP contribution in [0.1, 0.15) is 33.1 Å². The molecule has 0 unspecified atom stereocenters. The van der Waals surface area contributed by atoms with Gasteiger partial charge in [-0.05, 0) is 5.92 Å². The second-order valence-corrected chi connectivity index (χ2v) is 2.78. The zero-order valence-electron chi connectivity index (χ0n) is 6.52. The molecule has 2 nitrogen and oxygen atoms in total. The average molecular weight is 141 g/mol. The van der Waals surface area contributed by atoms with Crippen LogP contribution < -0.4 is 0 Å². The zero-order chi connectivity index (χ0) is 7.98. The van der Waals surface area contributed by atoms with Gasteiger partial charge in [0.1, 0.15) is 5.78 Å². The predicted molar refractivity (Wildman–Crippen MR) is 39.4 cm³/mol. The fourth-order valence-corrected chi connectivity index (χ4v) is 0.748. The van der Waals surface area contributed by atoms with Crippen molar-refractivity contribution in [3.8, 4) is 0 Å². The average Bonchev–Trinajstić information content (AvgIpc) is 1.82. The molecular formula is C8H13O2. The van der Waals surface area contributed by atoms with Gasteiger partial charge in [-0.25, -0.2) is 0 Å². The molecule has 0 rings (SSSR count). The summed E-state index contributed by atoms with van der Waals surface area (Å²) in [5.74, 6) is 0.567. The zero-order valence-corrected chi connectivity index (χ0v) is 6.52. The van der Waals surface area contributed by atoms with Crippen molar-refractivity contribution < 1.29 is 9.59 Å². The van der Waals surface area contributed by atoms with Crippen LogP contribution in [-0.2, 0) is 9.59 Å². The molecule has 0 aromatic carbocycles. The molecule has 0 bridgehead atoms. The van der Waals surface area contributed by atoms with Gasteiger partial charge < -0.3 is 0 Å². The Morgan fingerprint density at radius 2 is 2.10 bits per heavy atom. The van der Waals surface area contributed by atoms with E-state index in [9.17, 15) is 9.59 Å². The van der Waals surface area contributed by atoms with E-state index in [0.717, 1.165) is 0 Å². The number of ketones is 1. The molecule has 1 radical (unpaired) electrons. The standard InChI is InChI=1S/C8H13O2/c1-7(2)6-8(10)4-3-5-9/h7H,3-4,6H2,1-2H3. The van der Waals surface area contributed by atoms with Crippen molar-refractivity contribution in [3.63, 3.8) is 0 Å². The van der Waals surface area contributed by atoms with Crippen LogP contribution in [0.15, 0.2) is 0 Å². The molecule has 0 aliphatic rings. The molecule has 0 amide bonds. The summed E-state index contributed by atoms with van der Waals surface area (Å²) in [6.07, 6.45) is 2.90. The lowest BCUT2D eigenvalue weighted by Gasteiger charge is -1.99. The summed E-state index contributed by atoms with van der Waals surface area (Å²) < 4.78 is 0. The fraction of sp³-hybridized carbons (Fsp3) is 0.750. The van der Waals surface area contributed by atoms with Gasteiger partial charge in [-0.2, -0.15) is 0 Å². The third-order valence-corrected chi connectivity index (χ3v) is 1.14. The van der Waals surface area contributed by atoms with E-state index in [1.54, 1.807) is 6.29 Å². The molecule has 2 heteroatoms. The monoisotopic (exact) mass is 141 g/mol. The molecule has 57 valence electrons. The van der Waals surface area contributed by atoms with Crippen molar-refractivity contribution in [1.82, 2.24) is 0 Å². The minimum Gasteiger partial charge on any atom is -0.300 e. The van der Waals surface area contributed by atoms with Crippen molar-refractivity contribution in [3.05, 3.63) is 0 Å². The molecule has 0 aromatic rings. The van der Waals surface area contributed by atoms with Crippen molar-refractivity contribution in [1.29, 1.82) is 0 Å². The van der Waals surface area contributed by atoms with E-state index in [0.29, 0.717) is 18.8 Å². The van der Waals surface area contributed by atoms with Gasteiger partial charge in [-0.15, -0.1) is 0 Å². The van der Waals surface area contributed by atoms with Crippen LogP contribution in [-0.4, -0.2) is 12.1 Å². The molecule has 0 aliphatic carbocycles. The van der Waals surface area contributed by atoms with E-state index in [1.165, 1.54) is 0 Å². The maximum atomic E-state index is 10.8. The molecule has 0 aliphatic heterocycles. The van der Waals surface area contributed by atoms with Crippen LogP contribution in [0.2, 0.25) is 0 Å². The number of carbonyl (C=O) groups is 1. The molecular weight excluding hydrogens is 128 g/mol. The largest absolute Gasteiger partial charge is 0.300 e. The first-order valence-corrected chi connectivity index (χ1v) is 3.53. The Morgan fingerprint density at radius 1 is 1.50 bits per heavy atom. The number of Topliss-reactive ketones (excluding diaryl/α,β-unsaturated/α-hetero) is 1. The van der Waals surface area contributed by atoms with E-state index in [2.05, 4.69) is 0 Å². The van der Waals surface area contributed by atoms with E-state index in [4.69, 9.17) is 0 Å². The minimum atomic E-state index is 0.165. The molecule has 0 atom stereocenters. The number of rotatable bonds is 5. The number of carbonyl (C=O) groups excluding carboxylic acids is 2. The summed E-state index contributed by atoms with van der Waals surface area (Å²) in [6, 6.07) is 0. The van der Waals surface area contributed by atoms with Crippen LogP contribution in [0, 0.1) is 5.92 Å². The second-order valence-electron chi connectivity index (χ2n) is 2.78. The summed E-state index contributed by atoms with van der Waals surface area (Å²) >= 11 is 0. The summed E-state index contributed by atoms with van der Waals surface area (Å²) in [5.41, 5.74) is 0. The van der Waals surface area contributed by atoms with Crippen LogP contribution in [0.5, 0.6) is 0 Å².